The van der Waals surface area contributed by atoms with E-state index in [2.05, 4.69) is 9.62 Å². The molecule has 0 bridgehead atoms. The van der Waals surface area contributed by atoms with Gasteiger partial charge in [0.25, 0.3) is 0 Å². The molecule has 0 amide bonds. The first-order chi connectivity index (χ1) is 11.6. The van der Waals surface area contributed by atoms with Crippen LogP contribution >= 0.6 is 0 Å². The summed E-state index contributed by atoms with van der Waals surface area (Å²) in [7, 11) is -1.68. The molecule has 1 fully saturated rings. The van der Waals surface area contributed by atoms with Crippen LogP contribution < -0.4 is 9.62 Å². The minimum atomic E-state index is -3.42. The number of ether oxygens (including phenoxy) is 1. The number of anilines is 2. The van der Waals surface area contributed by atoms with Gasteiger partial charge in [-0.2, -0.15) is 0 Å². The van der Waals surface area contributed by atoms with Gasteiger partial charge in [0.05, 0.1) is 11.9 Å². The Labute approximate surface area is 143 Å². The SMILES string of the molecule is CO[C@@H]1CCN(c2ccc(NS(=O)(=O)Cc3ccccc3)cc2)C1. The number of benzene rings is 2. The summed E-state index contributed by atoms with van der Waals surface area (Å²) < 4.78 is 32.5. The minimum absolute atomic E-state index is 0.0305. The molecule has 0 radical (unpaired) electrons. The third kappa shape index (κ3) is 4.27. The zero-order chi connectivity index (χ0) is 17.0. The van der Waals surface area contributed by atoms with Crippen molar-refractivity contribution in [3.63, 3.8) is 0 Å². The van der Waals surface area contributed by atoms with Crippen molar-refractivity contribution in [1.29, 1.82) is 0 Å². The smallest absolute Gasteiger partial charge is 0.236 e. The molecule has 2 aromatic carbocycles. The molecule has 0 spiro atoms. The fourth-order valence-corrected chi connectivity index (χ4v) is 4.10. The molecule has 3 rings (SSSR count). The lowest BCUT2D eigenvalue weighted by atomic mass is 10.2. The van der Waals surface area contributed by atoms with Crippen molar-refractivity contribution in [2.45, 2.75) is 18.3 Å². The van der Waals surface area contributed by atoms with Crippen molar-refractivity contribution in [1.82, 2.24) is 0 Å². The summed E-state index contributed by atoms with van der Waals surface area (Å²) in [5, 5.41) is 0. The quantitative estimate of drug-likeness (QED) is 0.874. The Hall–Kier alpha value is -2.05. The van der Waals surface area contributed by atoms with Crippen LogP contribution in [-0.2, 0) is 20.5 Å². The number of methoxy groups -OCH3 is 1. The third-order valence-corrected chi connectivity index (χ3v) is 5.44. The number of sulfonamides is 1. The van der Waals surface area contributed by atoms with E-state index in [4.69, 9.17) is 4.74 Å². The first-order valence-corrected chi connectivity index (χ1v) is 9.63. The van der Waals surface area contributed by atoms with E-state index in [-0.39, 0.29) is 11.9 Å². The summed E-state index contributed by atoms with van der Waals surface area (Å²) in [6, 6.07) is 16.7. The van der Waals surface area contributed by atoms with E-state index in [0.717, 1.165) is 30.8 Å². The predicted molar refractivity (Wildman–Crippen MR) is 96.8 cm³/mol. The highest BCUT2D eigenvalue weighted by Crippen LogP contribution is 2.24. The van der Waals surface area contributed by atoms with Crippen molar-refractivity contribution in [2.24, 2.45) is 0 Å². The van der Waals surface area contributed by atoms with Crippen molar-refractivity contribution >= 4 is 21.4 Å². The van der Waals surface area contributed by atoms with Crippen LogP contribution in [-0.4, -0.2) is 34.7 Å². The second-order valence-corrected chi connectivity index (χ2v) is 7.71. The molecule has 1 atom stereocenters. The maximum absolute atomic E-state index is 12.3. The lowest BCUT2D eigenvalue weighted by molar-refractivity contribution is 0.121. The molecule has 6 heteroatoms. The normalized spacial score (nSPS) is 17.9. The van der Waals surface area contributed by atoms with Gasteiger partial charge in [-0.3, -0.25) is 4.72 Å². The van der Waals surface area contributed by atoms with Crippen molar-refractivity contribution < 1.29 is 13.2 Å². The fraction of sp³-hybridized carbons (Fsp3) is 0.333. The maximum atomic E-state index is 12.3. The molecule has 1 N–H and O–H groups in total. The van der Waals surface area contributed by atoms with Gasteiger partial charge in [-0.15, -0.1) is 0 Å². The van der Waals surface area contributed by atoms with Crippen LogP contribution in [0.4, 0.5) is 11.4 Å². The van der Waals surface area contributed by atoms with Gasteiger partial charge >= 0.3 is 0 Å². The Morgan fingerprint density at radius 1 is 1.12 bits per heavy atom. The first kappa shape index (κ1) is 16.8. The lowest BCUT2D eigenvalue weighted by Crippen LogP contribution is -2.22. The van der Waals surface area contributed by atoms with Gasteiger partial charge in [0.15, 0.2) is 0 Å². The molecule has 1 aliphatic heterocycles. The Morgan fingerprint density at radius 3 is 2.46 bits per heavy atom. The van der Waals surface area contributed by atoms with Gasteiger partial charge in [0.2, 0.25) is 10.0 Å². The van der Waals surface area contributed by atoms with E-state index < -0.39 is 10.0 Å². The second-order valence-electron chi connectivity index (χ2n) is 5.99. The molecule has 2 aromatic rings. The van der Waals surface area contributed by atoms with Crippen LogP contribution in [0.1, 0.15) is 12.0 Å². The molecular formula is C18H22N2O3S. The van der Waals surface area contributed by atoms with Crippen LogP contribution in [0.15, 0.2) is 54.6 Å². The molecule has 0 unspecified atom stereocenters. The number of hydrogen-bond donors (Lipinski definition) is 1. The van der Waals surface area contributed by atoms with E-state index in [9.17, 15) is 8.42 Å². The highest BCUT2D eigenvalue weighted by atomic mass is 32.2. The molecule has 0 aromatic heterocycles. The third-order valence-electron chi connectivity index (χ3n) is 4.18. The zero-order valence-corrected chi connectivity index (χ0v) is 14.5. The van der Waals surface area contributed by atoms with E-state index in [1.54, 1.807) is 19.2 Å². The molecular weight excluding hydrogens is 324 g/mol. The summed E-state index contributed by atoms with van der Waals surface area (Å²) in [5.74, 6) is -0.0305. The summed E-state index contributed by atoms with van der Waals surface area (Å²) in [4.78, 5) is 2.25. The molecule has 1 heterocycles. The van der Waals surface area contributed by atoms with E-state index in [0.29, 0.717) is 5.69 Å². The zero-order valence-electron chi connectivity index (χ0n) is 13.7. The number of rotatable bonds is 6. The molecule has 5 nitrogen and oxygen atoms in total. The predicted octanol–water partition coefficient (Wildman–Crippen LogP) is 2.85. The molecule has 24 heavy (non-hydrogen) atoms. The summed E-state index contributed by atoms with van der Waals surface area (Å²) in [6.45, 7) is 1.83. The van der Waals surface area contributed by atoms with Gasteiger partial charge in [0.1, 0.15) is 0 Å². The van der Waals surface area contributed by atoms with Crippen molar-refractivity contribution in [2.75, 3.05) is 29.8 Å². The van der Waals surface area contributed by atoms with Gasteiger partial charge < -0.3 is 9.64 Å². The van der Waals surface area contributed by atoms with Crippen molar-refractivity contribution in [3.8, 4) is 0 Å². The molecule has 0 saturated carbocycles. The van der Waals surface area contributed by atoms with Crippen LogP contribution in [0.25, 0.3) is 0 Å². The van der Waals surface area contributed by atoms with Crippen LogP contribution in [0.2, 0.25) is 0 Å². The average molecular weight is 346 g/mol. The number of nitrogens with zero attached hydrogens (tertiary/aromatic N) is 1. The Bertz CT molecular complexity index is 761. The van der Waals surface area contributed by atoms with Crippen LogP contribution in [0.3, 0.4) is 0 Å². The molecule has 0 aliphatic carbocycles. The lowest BCUT2D eigenvalue weighted by Gasteiger charge is -2.18. The van der Waals surface area contributed by atoms with Crippen LogP contribution in [0, 0.1) is 0 Å². The maximum Gasteiger partial charge on any atom is 0.236 e. The highest BCUT2D eigenvalue weighted by Gasteiger charge is 2.22. The number of hydrogen-bond acceptors (Lipinski definition) is 4. The molecule has 1 aliphatic rings. The molecule has 1 saturated heterocycles. The molecule has 128 valence electrons. The standard InChI is InChI=1S/C18H22N2O3S/c1-23-18-11-12-20(13-18)17-9-7-16(8-10-17)19-24(21,22)14-15-5-3-2-4-6-15/h2-10,18-19H,11-14H2,1H3/t18-/m1/s1. The fourth-order valence-electron chi connectivity index (χ4n) is 2.90. The van der Waals surface area contributed by atoms with E-state index in [1.165, 1.54) is 0 Å². The highest BCUT2D eigenvalue weighted by molar-refractivity contribution is 7.91. The topological polar surface area (TPSA) is 58.6 Å². The van der Waals surface area contributed by atoms with Gasteiger partial charge in [0, 0.05) is 31.6 Å². The second kappa shape index (κ2) is 7.23. The van der Waals surface area contributed by atoms with E-state index >= 15 is 0 Å². The Kier molecular flexibility index (Phi) is 5.06. The van der Waals surface area contributed by atoms with Gasteiger partial charge in [-0.05, 0) is 36.2 Å². The van der Waals surface area contributed by atoms with Gasteiger partial charge in [-0.25, -0.2) is 8.42 Å². The number of nitrogens with one attached hydrogen (secondary N) is 1. The monoisotopic (exact) mass is 346 g/mol. The van der Waals surface area contributed by atoms with Crippen molar-refractivity contribution in [3.05, 3.63) is 60.2 Å². The Morgan fingerprint density at radius 2 is 1.83 bits per heavy atom. The summed E-state index contributed by atoms with van der Waals surface area (Å²) >= 11 is 0. The summed E-state index contributed by atoms with van der Waals surface area (Å²) in [5.41, 5.74) is 2.43. The average Bonchev–Trinajstić information content (AvgIpc) is 3.05. The Balaban J connectivity index is 1.63. The first-order valence-electron chi connectivity index (χ1n) is 7.98. The van der Waals surface area contributed by atoms with E-state index in [1.807, 2.05) is 42.5 Å². The van der Waals surface area contributed by atoms with Gasteiger partial charge in [-0.1, -0.05) is 30.3 Å². The summed E-state index contributed by atoms with van der Waals surface area (Å²) in [6.07, 6.45) is 1.29. The van der Waals surface area contributed by atoms with Crippen LogP contribution in [0.5, 0.6) is 0 Å². The largest absolute Gasteiger partial charge is 0.380 e. The minimum Gasteiger partial charge on any atom is -0.380 e.